The molecule has 3 unspecified atom stereocenters. The van der Waals surface area contributed by atoms with Crippen LogP contribution in [0.4, 0.5) is 0 Å². The van der Waals surface area contributed by atoms with Crippen molar-refractivity contribution in [2.75, 3.05) is 19.6 Å². The minimum atomic E-state index is 0.228. The summed E-state index contributed by atoms with van der Waals surface area (Å²) in [6.45, 7) is 3.65. The van der Waals surface area contributed by atoms with Crippen molar-refractivity contribution in [2.24, 2.45) is 11.1 Å². The molecule has 3 nitrogen and oxygen atoms in total. The summed E-state index contributed by atoms with van der Waals surface area (Å²) < 4.78 is 0. The van der Waals surface area contributed by atoms with Crippen LogP contribution in [0.2, 0.25) is 0 Å². The van der Waals surface area contributed by atoms with E-state index < -0.39 is 0 Å². The van der Waals surface area contributed by atoms with Crippen LogP contribution in [-0.4, -0.2) is 36.0 Å². The fraction of sp³-hybridized carbons (Fsp3) is 0.480. The van der Waals surface area contributed by atoms with Gasteiger partial charge in [0.1, 0.15) is 0 Å². The zero-order valence-corrected chi connectivity index (χ0v) is 16.3. The van der Waals surface area contributed by atoms with Crippen LogP contribution < -0.4 is 0 Å². The summed E-state index contributed by atoms with van der Waals surface area (Å²) in [5, 5.41) is 12.3. The average molecular weight is 373 g/mol. The molecule has 3 atom stereocenters. The van der Waals surface area contributed by atoms with Gasteiger partial charge in [-0.15, -0.1) is 0 Å². The van der Waals surface area contributed by atoms with Crippen LogP contribution in [0.15, 0.2) is 47.6 Å². The number of fused-ring (bicyclic) bond motifs is 3. The van der Waals surface area contributed by atoms with Crippen molar-refractivity contribution >= 4 is 6.21 Å². The van der Waals surface area contributed by atoms with E-state index in [9.17, 15) is 0 Å². The van der Waals surface area contributed by atoms with Gasteiger partial charge in [-0.05, 0) is 59.1 Å². The van der Waals surface area contributed by atoms with E-state index in [1.807, 2.05) is 0 Å². The van der Waals surface area contributed by atoms with Crippen LogP contribution in [0.3, 0.4) is 0 Å². The summed E-state index contributed by atoms with van der Waals surface area (Å²) in [6, 6.07) is 15.9. The molecule has 2 fully saturated rings. The Balaban J connectivity index is 1.46. The molecular weight excluding hydrogens is 344 g/mol. The molecule has 2 aromatic rings. The van der Waals surface area contributed by atoms with Crippen molar-refractivity contribution in [3.8, 4) is 0 Å². The van der Waals surface area contributed by atoms with Gasteiger partial charge in [-0.25, -0.2) is 0 Å². The van der Waals surface area contributed by atoms with Crippen molar-refractivity contribution in [3.05, 3.63) is 70.3 Å². The Labute approximate surface area is 167 Å². The summed E-state index contributed by atoms with van der Waals surface area (Å²) in [7, 11) is 0. The summed E-state index contributed by atoms with van der Waals surface area (Å²) in [4.78, 5) is 2.78. The summed E-state index contributed by atoms with van der Waals surface area (Å²) in [6.07, 6.45) is 8.50. The van der Waals surface area contributed by atoms with Gasteiger partial charge < -0.3 is 10.1 Å². The standard InChI is InChI=1S/C25H28N2O/c28-26-13-18-9-10-21-22-12-25(23(21)11-18)16-27(14-17-5-1-2-6-17)15-24(25)20-8-4-3-7-19(20)22/h3-4,7-11,13,17,22,24,28H,1-2,5-6,12,14-16H2. The summed E-state index contributed by atoms with van der Waals surface area (Å²) >= 11 is 0. The molecular formula is C25H28N2O. The van der Waals surface area contributed by atoms with Gasteiger partial charge in [-0.2, -0.15) is 0 Å². The monoisotopic (exact) mass is 372 g/mol. The molecule has 0 radical (unpaired) electrons. The smallest absolute Gasteiger partial charge is 0.0733 e. The highest BCUT2D eigenvalue weighted by atomic mass is 16.4. The van der Waals surface area contributed by atoms with Gasteiger partial charge in [0, 0.05) is 36.9 Å². The number of rotatable bonds is 3. The molecule has 1 spiro atoms. The molecule has 1 saturated carbocycles. The first-order valence-corrected chi connectivity index (χ1v) is 10.9. The van der Waals surface area contributed by atoms with E-state index in [0.717, 1.165) is 11.5 Å². The number of oxime groups is 1. The number of likely N-dealkylation sites (tertiary alicyclic amines) is 1. The van der Waals surface area contributed by atoms with Crippen molar-refractivity contribution in [2.45, 2.75) is 49.4 Å². The van der Waals surface area contributed by atoms with E-state index in [1.165, 1.54) is 62.9 Å². The van der Waals surface area contributed by atoms with Crippen LogP contribution in [-0.2, 0) is 5.41 Å². The highest BCUT2D eigenvalue weighted by molar-refractivity contribution is 5.80. The predicted octanol–water partition coefficient (Wildman–Crippen LogP) is 4.87. The molecule has 2 bridgehead atoms. The van der Waals surface area contributed by atoms with Crippen molar-refractivity contribution in [1.82, 2.24) is 4.90 Å². The SMILES string of the molecule is ON=Cc1ccc2c(c1)C13CC2c2ccccc2C1CN(CC1CCCC1)C3. The third kappa shape index (κ3) is 2.29. The zero-order chi connectivity index (χ0) is 18.7. The highest BCUT2D eigenvalue weighted by Gasteiger charge is 2.58. The van der Waals surface area contributed by atoms with Crippen LogP contribution >= 0.6 is 0 Å². The molecule has 144 valence electrons. The fourth-order valence-corrected chi connectivity index (χ4v) is 7.04. The number of benzene rings is 2. The maximum absolute atomic E-state index is 9.05. The van der Waals surface area contributed by atoms with Gasteiger partial charge in [-0.1, -0.05) is 54.4 Å². The molecule has 2 aromatic carbocycles. The topological polar surface area (TPSA) is 35.8 Å². The molecule has 1 N–H and O–H groups in total. The largest absolute Gasteiger partial charge is 0.411 e. The molecule has 3 aliphatic carbocycles. The van der Waals surface area contributed by atoms with E-state index in [-0.39, 0.29) is 5.41 Å². The molecule has 6 rings (SSSR count). The van der Waals surface area contributed by atoms with Crippen LogP contribution in [0.1, 0.15) is 71.8 Å². The van der Waals surface area contributed by atoms with Crippen LogP contribution in [0, 0.1) is 5.92 Å². The first-order valence-electron chi connectivity index (χ1n) is 10.9. The minimum Gasteiger partial charge on any atom is -0.411 e. The fourth-order valence-electron chi connectivity index (χ4n) is 7.04. The average Bonchev–Trinajstić information content (AvgIpc) is 3.42. The second kappa shape index (κ2) is 6.18. The second-order valence-electron chi connectivity index (χ2n) is 9.53. The third-order valence-electron chi connectivity index (χ3n) is 8.12. The van der Waals surface area contributed by atoms with Crippen molar-refractivity contribution in [1.29, 1.82) is 0 Å². The Bertz CT molecular complexity index is 945. The predicted molar refractivity (Wildman–Crippen MR) is 112 cm³/mol. The number of nitrogens with zero attached hydrogens (tertiary/aromatic N) is 2. The Hall–Kier alpha value is -2.13. The van der Waals surface area contributed by atoms with E-state index in [2.05, 4.69) is 52.5 Å². The quantitative estimate of drug-likeness (QED) is 0.474. The molecule has 1 saturated heterocycles. The lowest BCUT2D eigenvalue weighted by atomic mass is 9.65. The Morgan fingerprint density at radius 2 is 1.89 bits per heavy atom. The third-order valence-corrected chi connectivity index (χ3v) is 8.12. The second-order valence-corrected chi connectivity index (χ2v) is 9.53. The van der Waals surface area contributed by atoms with E-state index >= 15 is 0 Å². The van der Waals surface area contributed by atoms with Gasteiger partial charge in [0.2, 0.25) is 0 Å². The van der Waals surface area contributed by atoms with Crippen molar-refractivity contribution in [3.63, 3.8) is 0 Å². The Kier molecular flexibility index (Phi) is 3.71. The first kappa shape index (κ1) is 16.8. The zero-order valence-electron chi connectivity index (χ0n) is 16.3. The molecule has 1 heterocycles. The molecule has 4 aliphatic rings. The van der Waals surface area contributed by atoms with Gasteiger partial charge in [0.25, 0.3) is 0 Å². The van der Waals surface area contributed by atoms with Crippen molar-refractivity contribution < 1.29 is 5.21 Å². The van der Waals surface area contributed by atoms with Gasteiger partial charge in [-0.3, -0.25) is 0 Å². The first-order chi connectivity index (χ1) is 13.8. The highest BCUT2D eigenvalue weighted by Crippen LogP contribution is 2.63. The van der Waals surface area contributed by atoms with E-state index in [1.54, 1.807) is 17.3 Å². The van der Waals surface area contributed by atoms with Gasteiger partial charge >= 0.3 is 0 Å². The van der Waals surface area contributed by atoms with Crippen LogP contribution in [0.25, 0.3) is 0 Å². The maximum atomic E-state index is 9.05. The maximum Gasteiger partial charge on any atom is 0.0733 e. The van der Waals surface area contributed by atoms with E-state index in [4.69, 9.17) is 5.21 Å². The molecule has 1 aliphatic heterocycles. The summed E-state index contributed by atoms with van der Waals surface area (Å²) in [5.74, 6) is 2.01. The minimum absolute atomic E-state index is 0.228. The molecule has 0 aromatic heterocycles. The normalized spacial score (nSPS) is 31.3. The molecule has 3 heteroatoms. The lowest BCUT2D eigenvalue weighted by molar-refractivity contribution is 0.260. The Morgan fingerprint density at radius 1 is 1.07 bits per heavy atom. The number of hydrogen-bond acceptors (Lipinski definition) is 3. The Morgan fingerprint density at radius 3 is 2.71 bits per heavy atom. The van der Waals surface area contributed by atoms with E-state index in [0.29, 0.717) is 11.8 Å². The molecule has 28 heavy (non-hydrogen) atoms. The van der Waals surface area contributed by atoms with Crippen LogP contribution in [0.5, 0.6) is 0 Å². The number of hydrogen-bond donors (Lipinski definition) is 1. The lowest BCUT2D eigenvalue weighted by Gasteiger charge is -2.37. The molecule has 0 amide bonds. The lowest BCUT2D eigenvalue weighted by Crippen LogP contribution is -2.35. The van der Waals surface area contributed by atoms with Gasteiger partial charge in [0.05, 0.1) is 6.21 Å². The van der Waals surface area contributed by atoms with Gasteiger partial charge in [0.15, 0.2) is 0 Å². The summed E-state index contributed by atoms with van der Waals surface area (Å²) in [5.41, 5.74) is 7.40.